The molecule has 7 heteroatoms. The van der Waals surface area contributed by atoms with Crippen molar-refractivity contribution in [3.8, 4) is 5.69 Å². The number of amides is 2. The molecule has 2 N–H and O–H groups in total. The van der Waals surface area contributed by atoms with Gasteiger partial charge in [-0.3, -0.25) is 9.59 Å². The topological polar surface area (TPSA) is 89.2 Å². The molecular weight excluding hydrogens is 392 g/mol. The minimum Gasteiger partial charge on any atom is -0.459 e. The number of carbonyl (C=O) groups is 2. The Hall–Kier alpha value is -4.13. The average molecular weight is 414 g/mol. The van der Waals surface area contributed by atoms with E-state index in [1.807, 2.05) is 55.5 Å². The van der Waals surface area contributed by atoms with Gasteiger partial charge in [-0.2, -0.15) is 5.10 Å². The molecule has 0 saturated carbocycles. The van der Waals surface area contributed by atoms with Crippen molar-refractivity contribution in [2.45, 2.75) is 19.9 Å². The molecule has 4 aromatic rings. The summed E-state index contributed by atoms with van der Waals surface area (Å²) in [6.45, 7) is 2.32. The summed E-state index contributed by atoms with van der Waals surface area (Å²) in [6.07, 6.45) is 3.72. The lowest BCUT2D eigenvalue weighted by atomic mass is 10.1. The number of rotatable bonds is 7. The van der Waals surface area contributed by atoms with E-state index in [1.165, 1.54) is 6.26 Å². The fourth-order valence-electron chi connectivity index (χ4n) is 3.33. The van der Waals surface area contributed by atoms with E-state index in [4.69, 9.17) is 4.42 Å². The van der Waals surface area contributed by atoms with Gasteiger partial charge in [0, 0.05) is 12.2 Å². The molecule has 2 aromatic carbocycles. The van der Waals surface area contributed by atoms with Crippen LogP contribution >= 0.6 is 0 Å². The molecule has 0 fully saturated rings. The highest BCUT2D eigenvalue weighted by molar-refractivity contribution is 6.02. The van der Waals surface area contributed by atoms with Crippen LogP contribution in [0.15, 0.2) is 83.6 Å². The first kappa shape index (κ1) is 20.2. The molecule has 31 heavy (non-hydrogen) atoms. The molecule has 0 unspecified atom stereocenters. The number of nitrogens with one attached hydrogen (secondary N) is 2. The Morgan fingerprint density at radius 1 is 1.00 bits per heavy atom. The van der Waals surface area contributed by atoms with Crippen molar-refractivity contribution < 1.29 is 14.0 Å². The van der Waals surface area contributed by atoms with Gasteiger partial charge in [0.2, 0.25) is 0 Å². The summed E-state index contributed by atoms with van der Waals surface area (Å²) in [5.74, 6) is -0.280. The first-order chi connectivity index (χ1) is 15.2. The van der Waals surface area contributed by atoms with E-state index < -0.39 is 0 Å². The summed E-state index contributed by atoms with van der Waals surface area (Å²) in [5.41, 5.74) is 3.80. The normalized spacial score (nSPS) is 10.6. The van der Waals surface area contributed by atoms with Crippen LogP contribution in [0.2, 0.25) is 0 Å². The van der Waals surface area contributed by atoms with Crippen LogP contribution < -0.4 is 10.6 Å². The van der Waals surface area contributed by atoms with Crippen LogP contribution in [0.5, 0.6) is 0 Å². The molecule has 7 nitrogen and oxygen atoms in total. The van der Waals surface area contributed by atoms with Crippen LogP contribution in [-0.2, 0) is 13.0 Å². The van der Waals surface area contributed by atoms with Gasteiger partial charge < -0.3 is 15.1 Å². The quantitative estimate of drug-likeness (QED) is 0.474. The van der Waals surface area contributed by atoms with Crippen molar-refractivity contribution in [2.75, 3.05) is 5.32 Å². The number of aromatic nitrogens is 2. The van der Waals surface area contributed by atoms with Crippen LogP contribution in [0.1, 0.15) is 39.1 Å². The Labute approximate surface area is 179 Å². The Morgan fingerprint density at radius 2 is 1.84 bits per heavy atom. The maximum atomic E-state index is 12.8. The van der Waals surface area contributed by atoms with Crippen LogP contribution in [0, 0.1) is 0 Å². The lowest BCUT2D eigenvalue weighted by Gasteiger charge is -2.10. The van der Waals surface area contributed by atoms with Gasteiger partial charge in [-0.1, -0.05) is 37.3 Å². The lowest BCUT2D eigenvalue weighted by Crippen LogP contribution is -2.24. The van der Waals surface area contributed by atoms with Gasteiger partial charge in [-0.05, 0) is 48.4 Å². The van der Waals surface area contributed by atoms with Crippen LogP contribution in [0.4, 0.5) is 5.69 Å². The minimum atomic E-state index is -0.327. The zero-order chi connectivity index (χ0) is 21.6. The number of hydrogen-bond donors (Lipinski definition) is 2. The molecule has 2 heterocycles. The third-order valence-corrected chi connectivity index (χ3v) is 4.83. The van der Waals surface area contributed by atoms with Crippen LogP contribution in [0.25, 0.3) is 5.69 Å². The van der Waals surface area contributed by atoms with E-state index in [0.717, 1.165) is 16.9 Å². The number of anilines is 1. The maximum absolute atomic E-state index is 12.8. The van der Waals surface area contributed by atoms with Gasteiger partial charge in [0.1, 0.15) is 0 Å². The number of hydrogen-bond acceptors (Lipinski definition) is 4. The van der Waals surface area contributed by atoms with E-state index >= 15 is 0 Å². The zero-order valence-electron chi connectivity index (χ0n) is 17.0. The molecule has 4 rings (SSSR count). The Morgan fingerprint density at radius 3 is 2.58 bits per heavy atom. The maximum Gasteiger partial charge on any atom is 0.291 e. The van der Waals surface area contributed by atoms with Crippen molar-refractivity contribution >= 4 is 17.5 Å². The van der Waals surface area contributed by atoms with Gasteiger partial charge >= 0.3 is 0 Å². The molecule has 0 aliphatic rings. The predicted octanol–water partition coefficient (Wildman–Crippen LogP) is 4.21. The van der Waals surface area contributed by atoms with Gasteiger partial charge in [0.05, 0.1) is 29.4 Å². The molecule has 0 aliphatic heterocycles. The second-order valence-electron chi connectivity index (χ2n) is 6.92. The van der Waals surface area contributed by atoms with E-state index in [1.54, 1.807) is 29.1 Å². The van der Waals surface area contributed by atoms with Gasteiger partial charge in [-0.15, -0.1) is 0 Å². The second-order valence-corrected chi connectivity index (χ2v) is 6.92. The summed E-state index contributed by atoms with van der Waals surface area (Å²) in [5, 5.41) is 10.1. The van der Waals surface area contributed by atoms with Gasteiger partial charge in [0.25, 0.3) is 11.8 Å². The summed E-state index contributed by atoms with van der Waals surface area (Å²) in [4.78, 5) is 25.0. The Balaban J connectivity index is 1.43. The Kier molecular flexibility index (Phi) is 5.93. The first-order valence-corrected chi connectivity index (χ1v) is 10.00. The van der Waals surface area contributed by atoms with E-state index in [0.29, 0.717) is 24.2 Å². The molecule has 156 valence electrons. The molecule has 0 saturated heterocycles. The van der Waals surface area contributed by atoms with Crippen LogP contribution in [-0.4, -0.2) is 21.6 Å². The van der Waals surface area contributed by atoms with Crippen molar-refractivity contribution in [1.29, 1.82) is 0 Å². The number of carbonyl (C=O) groups excluding carboxylic acids is 2. The summed E-state index contributed by atoms with van der Waals surface area (Å²) in [7, 11) is 0. The fourth-order valence-corrected chi connectivity index (χ4v) is 3.33. The highest BCUT2D eigenvalue weighted by Gasteiger charge is 2.17. The third-order valence-electron chi connectivity index (χ3n) is 4.83. The van der Waals surface area contributed by atoms with Crippen molar-refractivity contribution in [3.05, 3.63) is 102 Å². The monoisotopic (exact) mass is 414 g/mol. The summed E-state index contributed by atoms with van der Waals surface area (Å²) < 4.78 is 6.90. The number of furan rings is 1. The fraction of sp³-hybridized carbons (Fsp3) is 0.125. The average Bonchev–Trinajstić information content (AvgIpc) is 3.48. The molecular formula is C24H22N4O3. The molecule has 0 atom stereocenters. The van der Waals surface area contributed by atoms with Crippen molar-refractivity contribution in [1.82, 2.24) is 15.1 Å². The highest BCUT2D eigenvalue weighted by Crippen LogP contribution is 2.17. The molecule has 0 spiro atoms. The van der Waals surface area contributed by atoms with E-state index in [2.05, 4.69) is 15.7 Å². The zero-order valence-corrected chi connectivity index (χ0v) is 17.0. The second kappa shape index (κ2) is 9.13. The van der Waals surface area contributed by atoms with Gasteiger partial charge in [0.15, 0.2) is 5.76 Å². The molecule has 2 aromatic heterocycles. The predicted molar refractivity (Wildman–Crippen MR) is 117 cm³/mol. The third kappa shape index (κ3) is 4.56. The number of nitrogens with zero attached hydrogens (tertiary/aromatic N) is 2. The minimum absolute atomic E-state index is 0.191. The highest BCUT2D eigenvalue weighted by atomic mass is 16.3. The standard InChI is InChI=1S/C24H22N4O3/c1-2-21-20(16-26-28(21)19-10-4-3-5-11-19)23(29)25-15-17-8-6-9-18(14-17)27-24(30)22-12-7-13-31-22/h3-14,16H,2,15H2,1H3,(H,25,29)(H,27,30). The molecule has 0 aliphatic carbocycles. The van der Waals surface area contributed by atoms with E-state index in [-0.39, 0.29) is 17.6 Å². The molecule has 0 radical (unpaired) electrons. The van der Waals surface area contributed by atoms with Crippen molar-refractivity contribution in [2.24, 2.45) is 0 Å². The summed E-state index contributed by atoms with van der Waals surface area (Å²) >= 11 is 0. The van der Waals surface area contributed by atoms with Gasteiger partial charge in [-0.25, -0.2) is 4.68 Å². The lowest BCUT2D eigenvalue weighted by molar-refractivity contribution is 0.0948. The van der Waals surface area contributed by atoms with Crippen LogP contribution in [0.3, 0.4) is 0 Å². The van der Waals surface area contributed by atoms with E-state index in [9.17, 15) is 9.59 Å². The smallest absolute Gasteiger partial charge is 0.291 e. The number of para-hydroxylation sites is 1. The van der Waals surface area contributed by atoms with Crippen molar-refractivity contribution in [3.63, 3.8) is 0 Å². The largest absolute Gasteiger partial charge is 0.459 e. The summed E-state index contributed by atoms with van der Waals surface area (Å²) in [6, 6.07) is 20.3. The molecule has 0 bridgehead atoms. The number of benzene rings is 2. The Bertz CT molecular complexity index is 1180. The first-order valence-electron chi connectivity index (χ1n) is 10.00. The SMILES string of the molecule is CCc1c(C(=O)NCc2cccc(NC(=O)c3ccco3)c2)cnn1-c1ccccc1. The molecule has 2 amide bonds.